The average molecular weight is 507 g/mol. The molecule has 28 heavy (non-hydrogen) atoms. The number of hydrogen-bond acceptors (Lipinski definition) is 5. The van der Waals surface area contributed by atoms with Crippen LogP contribution in [0.2, 0.25) is 0 Å². The molecule has 0 spiro atoms. The first-order valence-electron chi connectivity index (χ1n) is 8.76. The summed E-state index contributed by atoms with van der Waals surface area (Å²) in [4.78, 5) is 26.5. The Balaban J connectivity index is 1.75. The number of nitrogens with zero attached hydrogens (tertiary/aromatic N) is 3. The number of rotatable bonds is 3. The highest BCUT2D eigenvalue weighted by atomic mass is 79.9. The number of amides is 2. The molecule has 6 nitrogen and oxygen atoms in total. The third kappa shape index (κ3) is 3.35. The van der Waals surface area contributed by atoms with E-state index in [1.54, 1.807) is 5.01 Å². The van der Waals surface area contributed by atoms with Crippen LogP contribution in [-0.4, -0.2) is 41.3 Å². The third-order valence-electron chi connectivity index (χ3n) is 4.92. The van der Waals surface area contributed by atoms with Crippen molar-refractivity contribution in [3.63, 3.8) is 0 Å². The zero-order valence-electron chi connectivity index (χ0n) is 15.1. The second-order valence-electron chi connectivity index (χ2n) is 6.86. The maximum absolute atomic E-state index is 13.4. The Morgan fingerprint density at radius 3 is 2.25 bits per heavy atom. The zero-order valence-corrected chi connectivity index (χ0v) is 18.2. The van der Waals surface area contributed by atoms with E-state index < -0.39 is 11.6 Å². The largest absolute Gasteiger partial charge is 0.447 e. The molecule has 0 unspecified atom stereocenters. The zero-order chi connectivity index (χ0) is 19.9. The Hall–Kier alpha value is -2.19. The lowest BCUT2D eigenvalue weighted by atomic mass is 9.91. The highest BCUT2D eigenvalue weighted by molar-refractivity contribution is 9.10. The average Bonchev–Trinajstić information content (AvgIpc) is 3.26. The Morgan fingerprint density at radius 1 is 1.07 bits per heavy atom. The fourth-order valence-electron chi connectivity index (χ4n) is 3.43. The van der Waals surface area contributed by atoms with E-state index in [1.165, 1.54) is 4.90 Å². The molecule has 8 heteroatoms. The van der Waals surface area contributed by atoms with Crippen LogP contribution in [0.4, 0.5) is 10.5 Å². The van der Waals surface area contributed by atoms with Crippen LogP contribution in [0.1, 0.15) is 18.9 Å². The van der Waals surface area contributed by atoms with Crippen LogP contribution < -0.4 is 5.01 Å². The number of halogens is 2. The molecule has 144 valence electrons. The maximum atomic E-state index is 13.4. The van der Waals surface area contributed by atoms with Gasteiger partial charge >= 0.3 is 6.09 Å². The Kier molecular flexibility index (Phi) is 5.01. The molecular formula is C20H17Br2N3O3. The number of anilines is 1. The second kappa shape index (κ2) is 7.33. The van der Waals surface area contributed by atoms with Crippen LogP contribution in [0, 0.1) is 0 Å². The molecule has 1 saturated heterocycles. The predicted molar refractivity (Wildman–Crippen MR) is 113 cm³/mol. The second-order valence-corrected chi connectivity index (χ2v) is 8.69. The Morgan fingerprint density at radius 2 is 1.68 bits per heavy atom. The van der Waals surface area contributed by atoms with E-state index in [9.17, 15) is 9.59 Å². The van der Waals surface area contributed by atoms with E-state index in [2.05, 4.69) is 31.9 Å². The summed E-state index contributed by atoms with van der Waals surface area (Å²) in [6, 6.07) is 15.4. The molecule has 0 bridgehead atoms. The number of imide groups is 1. The van der Waals surface area contributed by atoms with E-state index in [4.69, 9.17) is 9.84 Å². The van der Waals surface area contributed by atoms with Gasteiger partial charge in [-0.25, -0.2) is 14.7 Å². The molecule has 2 aliphatic rings. The molecule has 1 fully saturated rings. The summed E-state index contributed by atoms with van der Waals surface area (Å²) in [7, 11) is 0. The van der Waals surface area contributed by atoms with Gasteiger partial charge in [0.15, 0.2) is 0 Å². The topological polar surface area (TPSA) is 62.2 Å². The molecule has 4 rings (SSSR count). The van der Waals surface area contributed by atoms with Gasteiger partial charge in [-0.05, 0) is 48.9 Å². The van der Waals surface area contributed by atoms with Crippen molar-refractivity contribution in [3.05, 3.63) is 63.0 Å². The van der Waals surface area contributed by atoms with Gasteiger partial charge in [-0.3, -0.25) is 4.79 Å². The van der Waals surface area contributed by atoms with E-state index in [0.717, 1.165) is 25.9 Å². The summed E-state index contributed by atoms with van der Waals surface area (Å²) in [6.07, 6.45) is -0.216. The summed E-state index contributed by atoms with van der Waals surface area (Å²) in [6.45, 7) is 2.30. The maximum Gasteiger partial charge on any atom is 0.416 e. The van der Waals surface area contributed by atoms with Gasteiger partial charge < -0.3 is 4.74 Å². The van der Waals surface area contributed by atoms with Crippen molar-refractivity contribution >= 4 is 55.3 Å². The highest BCUT2D eigenvalue weighted by Crippen LogP contribution is 2.37. The van der Waals surface area contributed by atoms with Gasteiger partial charge in [0, 0.05) is 15.4 Å². The molecule has 0 radical (unpaired) electrons. The number of carbonyl (C=O) groups is 2. The van der Waals surface area contributed by atoms with Crippen LogP contribution in [0.15, 0.2) is 62.6 Å². The summed E-state index contributed by atoms with van der Waals surface area (Å²) < 4.78 is 6.88. The van der Waals surface area contributed by atoms with E-state index >= 15 is 0 Å². The minimum Gasteiger partial charge on any atom is -0.447 e. The van der Waals surface area contributed by atoms with Crippen LogP contribution >= 0.6 is 31.9 Å². The molecular weight excluding hydrogens is 490 g/mol. The number of hydrazone groups is 1. The number of carbonyl (C=O) groups excluding carboxylic acids is 2. The van der Waals surface area contributed by atoms with Crippen LogP contribution in [-0.2, 0) is 9.53 Å². The summed E-state index contributed by atoms with van der Waals surface area (Å²) >= 11 is 6.87. The van der Waals surface area contributed by atoms with Gasteiger partial charge in [-0.15, -0.1) is 0 Å². The highest BCUT2D eigenvalue weighted by Gasteiger charge is 2.50. The summed E-state index contributed by atoms with van der Waals surface area (Å²) in [5.41, 5.74) is 1.47. The number of cyclic esters (lactones) is 1. The lowest BCUT2D eigenvalue weighted by Crippen LogP contribution is -2.55. The molecule has 0 aromatic heterocycles. The van der Waals surface area contributed by atoms with Crippen molar-refractivity contribution in [2.75, 3.05) is 18.2 Å². The third-order valence-corrected chi connectivity index (χ3v) is 5.97. The van der Waals surface area contributed by atoms with Gasteiger partial charge in [0.25, 0.3) is 5.91 Å². The summed E-state index contributed by atoms with van der Waals surface area (Å²) in [5.74, 6) is -0.311. The van der Waals surface area contributed by atoms with Crippen molar-refractivity contribution in [1.82, 2.24) is 4.90 Å². The first-order valence-corrected chi connectivity index (χ1v) is 10.3. The van der Waals surface area contributed by atoms with Crippen molar-refractivity contribution in [2.24, 2.45) is 5.10 Å². The number of ether oxygens (including phenoxy) is 1. The molecule has 2 amide bonds. The molecule has 0 saturated carbocycles. The van der Waals surface area contributed by atoms with Gasteiger partial charge in [0.1, 0.15) is 12.1 Å². The Bertz CT molecular complexity index is 960. The molecule has 2 aromatic rings. The molecule has 0 N–H and O–H groups in total. The minimum absolute atomic E-state index is 0.222. The number of hydrogen-bond donors (Lipinski definition) is 0. The number of benzene rings is 2. The van der Waals surface area contributed by atoms with Gasteiger partial charge in [0.2, 0.25) is 0 Å². The van der Waals surface area contributed by atoms with Gasteiger partial charge in [0.05, 0.1) is 17.9 Å². The summed E-state index contributed by atoms with van der Waals surface area (Å²) in [5, 5.41) is 6.49. The Labute approximate surface area is 179 Å². The van der Waals surface area contributed by atoms with E-state index in [1.807, 2.05) is 55.5 Å². The van der Waals surface area contributed by atoms with Gasteiger partial charge in [-0.2, -0.15) is 5.10 Å². The lowest BCUT2D eigenvalue weighted by Gasteiger charge is -2.34. The lowest BCUT2D eigenvalue weighted by molar-refractivity contribution is -0.132. The van der Waals surface area contributed by atoms with E-state index in [-0.39, 0.29) is 19.1 Å². The first kappa shape index (κ1) is 19.1. The smallest absolute Gasteiger partial charge is 0.416 e. The van der Waals surface area contributed by atoms with Crippen molar-refractivity contribution in [1.29, 1.82) is 0 Å². The van der Waals surface area contributed by atoms with Crippen LogP contribution in [0.25, 0.3) is 0 Å². The fraction of sp³-hybridized carbons (Fsp3) is 0.250. The van der Waals surface area contributed by atoms with Gasteiger partial charge in [-0.1, -0.05) is 44.0 Å². The van der Waals surface area contributed by atoms with Crippen LogP contribution in [0.5, 0.6) is 0 Å². The molecule has 2 heterocycles. The van der Waals surface area contributed by atoms with Crippen molar-refractivity contribution in [3.8, 4) is 0 Å². The molecule has 2 aromatic carbocycles. The van der Waals surface area contributed by atoms with Crippen LogP contribution in [0.3, 0.4) is 0 Å². The first-order chi connectivity index (χ1) is 13.4. The molecule has 1 atom stereocenters. The SMILES string of the molecule is C[C@]1(C(=O)N2CCOC2=O)CC(c2ccc(Br)cc2)=NN1c1ccc(Br)cc1. The van der Waals surface area contributed by atoms with Crippen molar-refractivity contribution in [2.45, 2.75) is 18.9 Å². The normalized spacial score (nSPS) is 21.7. The van der Waals surface area contributed by atoms with E-state index in [0.29, 0.717) is 6.42 Å². The predicted octanol–water partition coefficient (Wildman–Crippen LogP) is 4.56. The fourth-order valence-corrected chi connectivity index (χ4v) is 3.96. The quantitative estimate of drug-likeness (QED) is 0.612. The monoisotopic (exact) mass is 505 g/mol. The molecule has 2 aliphatic heterocycles. The van der Waals surface area contributed by atoms with Crippen molar-refractivity contribution < 1.29 is 14.3 Å². The minimum atomic E-state index is -1.03. The standard InChI is InChI=1S/C20H17Br2N3O3/c1-20(18(26)24-10-11-28-19(24)27)12-17(13-2-4-14(21)5-3-13)23-25(20)16-8-6-15(22)7-9-16/h2-9H,10-12H2,1H3/t20-/m1/s1. The molecule has 0 aliphatic carbocycles.